The Balaban J connectivity index is 2.36. The van der Waals surface area contributed by atoms with Crippen LogP contribution in [0.15, 0.2) is 30.5 Å². The molecular weight excluding hydrogens is 296 g/mol. The zero-order chi connectivity index (χ0) is 15.0. The van der Waals surface area contributed by atoms with Crippen molar-refractivity contribution >= 4 is 22.8 Å². The van der Waals surface area contributed by atoms with E-state index < -0.39 is 11.6 Å². The largest absolute Gasteiger partial charge is 0.275 e. The van der Waals surface area contributed by atoms with Crippen molar-refractivity contribution in [3.05, 3.63) is 53.5 Å². The van der Waals surface area contributed by atoms with Crippen molar-refractivity contribution in [3.8, 4) is 5.69 Å². The second kappa shape index (κ2) is 5.41. The maximum Gasteiger partial charge on any atom is 0.164 e. The van der Waals surface area contributed by atoms with E-state index in [1.807, 2.05) is 13.0 Å². The van der Waals surface area contributed by atoms with Gasteiger partial charge in [0.2, 0.25) is 0 Å². The molecule has 21 heavy (non-hydrogen) atoms. The highest BCUT2D eigenvalue weighted by atomic mass is 35.5. The van der Waals surface area contributed by atoms with E-state index in [-0.39, 0.29) is 5.69 Å². The van der Waals surface area contributed by atoms with Gasteiger partial charge in [-0.3, -0.25) is 4.57 Å². The fraction of sp³-hybridized carbons (Fsp3) is 0.200. The minimum atomic E-state index is -0.660. The highest BCUT2D eigenvalue weighted by Gasteiger charge is 2.19. The van der Waals surface area contributed by atoms with Crippen molar-refractivity contribution in [2.75, 3.05) is 5.88 Å². The van der Waals surface area contributed by atoms with Crippen LogP contribution in [0.3, 0.4) is 0 Å². The Labute approximate surface area is 125 Å². The summed E-state index contributed by atoms with van der Waals surface area (Å²) in [6.45, 7) is 1.89. The summed E-state index contributed by atoms with van der Waals surface area (Å²) in [5, 5.41) is 0. The Morgan fingerprint density at radius 2 is 1.95 bits per heavy atom. The molecule has 3 nitrogen and oxygen atoms in total. The van der Waals surface area contributed by atoms with Crippen LogP contribution in [0, 0.1) is 18.6 Å². The summed E-state index contributed by atoms with van der Waals surface area (Å²) in [5.41, 5.74) is 1.78. The van der Waals surface area contributed by atoms with Crippen molar-refractivity contribution in [1.29, 1.82) is 0 Å². The van der Waals surface area contributed by atoms with Crippen molar-refractivity contribution in [3.63, 3.8) is 0 Å². The molecule has 1 aromatic carbocycles. The number of benzene rings is 1. The number of aryl methyl sites for hydroxylation is 2. The number of rotatable bonds is 3. The molecule has 3 rings (SSSR count). The predicted molar refractivity (Wildman–Crippen MR) is 77.9 cm³/mol. The maximum atomic E-state index is 14.1. The lowest BCUT2D eigenvalue weighted by atomic mass is 10.2. The van der Waals surface area contributed by atoms with E-state index in [0.717, 1.165) is 5.56 Å². The number of alkyl halides is 1. The molecule has 0 atom stereocenters. The zero-order valence-corrected chi connectivity index (χ0v) is 12.0. The molecule has 0 radical (unpaired) electrons. The minimum Gasteiger partial charge on any atom is -0.275 e. The van der Waals surface area contributed by atoms with Gasteiger partial charge in [-0.2, -0.15) is 0 Å². The van der Waals surface area contributed by atoms with Crippen LogP contribution in [-0.2, 0) is 6.42 Å². The molecule has 0 amide bonds. The van der Waals surface area contributed by atoms with Crippen LogP contribution in [0.5, 0.6) is 0 Å². The molecule has 0 unspecified atom stereocenters. The summed E-state index contributed by atoms with van der Waals surface area (Å²) in [4.78, 5) is 8.67. The molecule has 0 saturated carbocycles. The number of fused-ring (bicyclic) bond motifs is 1. The third-order valence-corrected chi connectivity index (χ3v) is 3.37. The first kappa shape index (κ1) is 13.9. The fourth-order valence-electron chi connectivity index (χ4n) is 2.30. The van der Waals surface area contributed by atoms with E-state index in [9.17, 15) is 8.78 Å². The minimum absolute atomic E-state index is 0.170. The first-order valence-electron chi connectivity index (χ1n) is 6.46. The van der Waals surface area contributed by atoms with Gasteiger partial charge >= 0.3 is 0 Å². The van der Waals surface area contributed by atoms with E-state index in [1.54, 1.807) is 6.20 Å². The van der Waals surface area contributed by atoms with Gasteiger partial charge in [0.05, 0.1) is 0 Å². The second-order valence-electron chi connectivity index (χ2n) is 4.73. The third kappa shape index (κ3) is 2.38. The van der Waals surface area contributed by atoms with Gasteiger partial charge in [0.15, 0.2) is 5.65 Å². The van der Waals surface area contributed by atoms with Gasteiger partial charge in [0.1, 0.15) is 28.7 Å². The highest BCUT2D eigenvalue weighted by Crippen LogP contribution is 2.25. The number of hydrogen-bond donors (Lipinski definition) is 0. The first-order valence-corrected chi connectivity index (χ1v) is 6.99. The number of aromatic nitrogens is 3. The van der Waals surface area contributed by atoms with Crippen LogP contribution >= 0.6 is 11.6 Å². The molecule has 0 aliphatic rings. The van der Waals surface area contributed by atoms with Gasteiger partial charge in [0, 0.05) is 18.5 Å². The molecule has 0 spiro atoms. The van der Waals surface area contributed by atoms with E-state index >= 15 is 0 Å². The third-order valence-electron chi connectivity index (χ3n) is 3.18. The molecule has 0 bridgehead atoms. The Bertz CT molecular complexity index is 794. The summed E-state index contributed by atoms with van der Waals surface area (Å²) in [7, 11) is 0. The van der Waals surface area contributed by atoms with E-state index in [1.165, 1.54) is 22.8 Å². The number of pyridine rings is 1. The Kier molecular flexibility index (Phi) is 3.59. The van der Waals surface area contributed by atoms with Crippen LogP contribution in [0.4, 0.5) is 8.78 Å². The summed E-state index contributed by atoms with van der Waals surface area (Å²) in [6.07, 6.45) is 2.04. The SMILES string of the molecule is Cc1cnc2c(c1)nc(CCCl)n2-c1c(F)cccc1F. The second-order valence-corrected chi connectivity index (χ2v) is 5.11. The average molecular weight is 308 g/mol. The van der Waals surface area contributed by atoms with Crippen molar-refractivity contribution in [2.45, 2.75) is 13.3 Å². The van der Waals surface area contributed by atoms with Gasteiger partial charge in [-0.25, -0.2) is 18.7 Å². The van der Waals surface area contributed by atoms with Gasteiger partial charge in [0.25, 0.3) is 0 Å². The lowest BCUT2D eigenvalue weighted by Crippen LogP contribution is -2.07. The Morgan fingerprint density at radius 3 is 2.62 bits per heavy atom. The molecule has 3 aromatic rings. The molecule has 0 aliphatic heterocycles. The molecule has 2 heterocycles. The van der Waals surface area contributed by atoms with E-state index in [0.29, 0.717) is 29.3 Å². The maximum absolute atomic E-state index is 14.1. The number of hydrogen-bond acceptors (Lipinski definition) is 2. The summed E-state index contributed by atoms with van der Waals surface area (Å²) < 4.78 is 29.6. The number of para-hydroxylation sites is 1. The van der Waals surface area contributed by atoms with Gasteiger partial charge in [-0.15, -0.1) is 11.6 Å². The first-order chi connectivity index (χ1) is 10.1. The number of halogens is 3. The molecule has 6 heteroatoms. The smallest absolute Gasteiger partial charge is 0.164 e. The van der Waals surface area contributed by atoms with Crippen molar-refractivity contribution in [1.82, 2.24) is 14.5 Å². The van der Waals surface area contributed by atoms with Crippen LogP contribution in [-0.4, -0.2) is 20.4 Å². The topological polar surface area (TPSA) is 30.7 Å². The Hall–Kier alpha value is -2.01. The van der Waals surface area contributed by atoms with Crippen molar-refractivity contribution < 1.29 is 8.78 Å². The quantitative estimate of drug-likeness (QED) is 0.689. The van der Waals surface area contributed by atoms with Crippen LogP contribution < -0.4 is 0 Å². The summed E-state index contributed by atoms with van der Waals surface area (Å²) in [6, 6.07) is 5.58. The average Bonchev–Trinajstić information content (AvgIpc) is 2.77. The Morgan fingerprint density at radius 1 is 1.24 bits per heavy atom. The van der Waals surface area contributed by atoms with Gasteiger partial charge in [-0.05, 0) is 30.7 Å². The number of imidazole rings is 1. The summed E-state index contributed by atoms with van der Waals surface area (Å²) in [5.74, 6) is -0.527. The molecule has 0 aliphatic carbocycles. The molecule has 108 valence electrons. The molecule has 0 N–H and O–H groups in total. The molecule has 2 aromatic heterocycles. The van der Waals surface area contributed by atoms with Crippen molar-refractivity contribution in [2.24, 2.45) is 0 Å². The predicted octanol–water partition coefficient (Wildman–Crippen LogP) is 3.79. The van der Waals surface area contributed by atoms with Crippen LogP contribution in [0.1, 0.15) is 11.4 Å². The monoisotopic (exact) mass is 307 g/mol. The zero-order valence-electron chi connectivity index (χ0n) is 11.3. The molecule has 0 saturated heterocycles. The lowest BCUT2D eigenvalue weighted by molar-refractivity contribution is 0.567. The van der Waals surface area contributed by atoms with E-state index in [4.69, 9.17) is 11.6 Å². The van der Waals surface area contributed by atoms with Crippen LogP contribution in [0.2, 0.25) is 0 Å². The van der Waals surface area contributed by atoms with Crippen LogP contribution in [0.25, 0.3) is 16.9 Å². The number of nitrogens with zero attached hydrogens (tertiary/aromatic N) is 3. The van der Waals surface area contributed by atoms with Gasteiger partial charge < -0.3 is 0 Å². The van der Waals surface area contributed by atoms with Gasteiger partial charge in [-0.1, -0.05) is 6.07 Å². The normalized spacial score (nSPS) is 11.2. The molecular formula is C15H12ClF2N3. The fourth-order valence-corrected chi connectivity index (χ4v) is 2.47. The molecule has 0 fully saturated rings. The standard InChI is InChI=1S/C15H12ClF2N3/c1-9-7-12-15(19-8-9)21(13(20-12)5-6-16)14-10(17)3-2-4-11(14)18/h2-4,7-8H,5-6H2,1H3. The van der Waals surface area contributed by atoms with E-state index in [2.05, 4.69) is 9.97 Å². The summed E-state index contributed by atoms with van der Waals surface area (Å²) >= 11 is 5.77. The lowest BCUT2D eigenvalue weighted by Gasteiger charge is -2.10. The highest BCUT2D eigenvalue weighted by molar-refractivity contribution is 6.17.